The number of carboxylic acid groups (broad SMARTS) is 1. The summed E-state index contributed by atoms with van der Waals surface area (Å²) < 4.78 is 0. The summed E-state index contributed by atoms with van der Waals surface area (Å²) in [7, 11) is 2.14. The van der Waals surface area contributed by atoms with Crippen molar-refractivity contribution in [2.75, 3.05) is 38.1 Å². The van der Waals surface area contributed by atoms with Crippen molar-refractivity contribution in [1.29, 1.82) is 0 Å². The van der Waals surface area contributed by atoms with Gasteiger partial charge in [0.15, 0.2) is 0 Å². The minimum Gasteiger partial charge on any atom is -0.478 e. The molecule has 0 radical (unpaired) electrons. The second-order valence-corrected chi connectivity index (χ2v) is 5.00. The van der Waals surface area contributed by atoms with Crippen LogP contribution in [0.15, 0.2) is 24.3 Å². The Morgan fingerprint density at radius 3 is 2.53 bits per heavy atom. The Morgan fingerprint density at radius 2 is 1.95 bits per heavy atom. The number of aliphatic carboxylic acids is 1. The van der Waals surface area contributed by atoms with Gasteiger partial charge in [-0.05, 0) is 43.3 Å². The van der Waals surface area contributed by atoms with Gasteiger partial charge in [-0.15, -0.1) is 0 Å². The lowest BCUT2D eigenvalue weighted by molar-refractivity contribution is -0.131. The maximum Gasteiger partial charge on any atom is 0.328 e. The van der Waals surface area contributed by atoms with E-state index in [2.05, 4.69) is 29.0 Å². The molecule has 19 heavy (non-hydrogen) atoms. The van der Waals surface area contributed by atoms with Crippen molar-refractivity contribution in [3.05, 3.63) is 35.4 Å². The minimum absolute atomic E-state index is 0.914. The molecule has 1 aliphatic heterocycles. The summed E-state index contributed by atoms with van der Waals surface area (Å²) >= 11 is 0. The summed E-state index contributed by atoms with van der Waals surface area (Å²) in [5, 5.41) is 8.65. The van der Waals surface area contributed by atoms with Crippen LogP contribution < -0.4 is 4.90 Å². The molecule has 1 aliphatic rings. The largest absolute Gasteiger partial charge is 0.478 e. The van der Waals surface area contributed by atoms with Crippen LogP contribution in [0.1, 0.15) is 11.1 Å². The van der Waals surface area contributed by atoms with Gasteiger partial charge in [-0.2, -0.15) is 0 Å². The Labute approximate surface area is 113 Å². The lowest BCUT2D eigenvalue weighted by atomic mass is 10.1. The summed E-state index contributed by atoms with van der Waals surface area (Å²) in [6.07, 6.45) is 2.82. The van der Waals surface area contributed by atoms with Crippen molar-refractivity contribution >= 4 is 17.7 Å². The standard InChI is InChI=1S/C15H20N2O2/c1-12-11-14(17-9-7-16(2)8-10-17)5-3-13(12)4-6-15(18)19/h3-6,11H,7-10H2,1-2H3,(H,18,19). The molecule has 0 saturated carbocycles. The molecule has 2 rings (SSSR count). The summed E-state index contributed by atoms with van der Waals surface area (Å²) in [5.41, 5.74) is 3.28. The maximum absolute atomic E-state index is 10.5. The molecule has 4 heteroatoms. The van der Waals surface area contributed by atoms with Crippen LogP contribution in [0.25, 0.3) is 6.08 Å². The number of aryl methyl sites for hydroxylation is 1. The molecule has 1 heterocycles. The van der Waals surface area contributed by atoms with Crippen molar-refractivity contribution in [1.82, 2.24) is 4.90 Å². The van der Waals surface area contributed by atoms with E-state index in [-0.39, 0.29) is 0 Å². The van der Waals surface area contributed by atoms with E-state index in [0.717, 1.165) is 37.3 Å². The van der Waals surface area contributed by atoms with Gasteiger partial charge < -0.3 is 14.9 Å². The highest BCUT2D eigenvalue weighted by Gasteiger charge is 2.14. The molecule has 0 aromatic heterocycles. The first kappa shape index (κ1) is 13.6. The highest BCUT2D eigenvalue weighted by Crippen LogP contribution is 2.21. The molecule has 1 saturated heterocycles. The van der Waals surface area contributed by atoms with Crippen molar-refractivity contribution < 1.29 is 9.90 Å². The summed E-state index contributed by atoms with van der Waals surface area (Å²) in [4.78, 5) is 15.2. The van der Waals surface area contributed by atoms with E-state index in [1.165, 1.54) is 11.8 Å². The zero-order chi connectivity index (χ0) is 13.8. The smallest absolute Gasteiger partial charge is 0.328 e. The topological polar surface area (TPSA) is 43.8 Å². The third kappa shape index (κ3) is 3.58. The number of benzene rings is 1. The summed E-state index contributed by atoms with van der Waals surface area (Å²) in [5.74, 6) is -0.914. The number of hydrogen-bond donors (Lipinski definition) is 1. The number of rotatable bonds is 3. The lowest BCUT2D eigenvalue weighted by Crippen LogP contribution is -2.44. The molecule has 0 amide bonds. The Morgan fingerprint density at radius 1 is 1.26 bits per heavy atom. The van der Waals surface area contributed by atoms with Crippen LogP contribution in [0, 0.1) is 6.92 Å². The van der Waals surface area contributed by atoms with E-state index < -0.39 is 5.97 Å². The van der Waals surface area contributed by atoms with Crippen molar-refractivity contribution in [3.63, 3.8) is 0 Å². The molecule has 1 N–H and O–H groups in total. The van der Waals surface area contributed by atoms with Crippen molar-refractivity contribution in [2.45, 2.75) is 6.92 Å². The lowest BCUT2D eigenvalue weighted by Gasteiger charge is -2.34. The van der Waals surface area contributed by atoms with E-state index in [0.29, 0.717) is 0 Å². The Balaban J connectivity index is 2.12. The molecule has 0 bridgehead atoms. The number of anilines is 1. The van der Waals surface area contributed by atoms with Gasteiger partial charge in [0.1, 0.15) is 0 Å². The zero-order valence-electron chi connectivity index (χ0n) is 11.5. The number of hydrogen-bond acceptors (Lipinski definition) is 3. The van der Waals surface area contributed by atoms with Gasteiger partial charge in [-0.25, -0.2) is 4.79 Å². The normalized spacial score (nSPS) is 17.1. The van der Waals surface area contributed by atoms with E-state index in [4.69, 9.17) is 5.11 Å². The van der Waals surface area contributed by atoms with Gasteiger partial charge in [0, 0.05) is 37.9 Å². The van der Waals surface area contributed by atoms with Crippen LogP contribution in [0.5, 0.6) is 0 Å². The first-order chi connectivity index (χ1) is 9.06. The summed E-state index contributed by atoms with van der Waals surface area (Å²) in [6, 6.07) is 6.19. The Hall–Kier alpha value is -1.81. The van der Waals surface area contributed by atoms with Crippen LogP contribution in [-0.2, 0) is 4.79 Å². The molecular weight excluding hydrogens is 240 g/mol. The van der Waals surface area contributed by atoms with Gasteiger partial charge >= 0.3 is 5.97 Å². The highest BCUT2D eigenvalue weighted by atomic mass is 16.4. The predicted molar refractivity (Wildman–Crippen MR) is 77.6 cm³/mol. The molecule has 0 atom stereocenters. The highest BCUT2D eigenvalue weighted by molar-refractivity contribution is 5.85. The number of carboxylic acids is 1. The third-order valence-corrected chi connectivity index (χ3v) is 3.53. The summed E-state index contributed by atoms with van der Waals surface area (Å²) in [6.45, 7) is 6.26. The average molecular weight is 260 g/mol. The van der Waals surface area contributed by atoms with E-state index in [1.54, 1.807) is 6.08 Å². The number of likely N-dealkylation sites (N-methyl/N-ethyl adjacent to an activating group) is 1. The predicted octanol–water partition coefficient (Wildman–Crippen LogP) is 1.84. The first-order valence-electron chi connectivity index (χ1n) is 6.51. The van der Waals surface area contributed by atoms with Crippen LogP contribution in [0.4, 0.5) is 5.69 Å². The molecule has 1 fully saturated rings. The van der Waals surface area contributed by atoms with E-state index >= 15 is 0 Å². The molecule has 1 aromatic carbocycles. The van der Waals surface area contributed by atoms with Crippen molar-refractivity contribution in [2.24, 2.45) is 0 Å². The Kier molecular flexibility index (Phi) is 4.22. The number of piperazine rings is 1. The fraction of sp³-hybridized carbons (Fsp3) is 0.400. The van der Waals surface area contributed by atoms with Crippen LogP contribution in [0.3, 0.4) is 0 Å². The molecule has 1 aromatic rings. The molecule has 0 unspecified atom stereocenters. The quantitative estimate of drug-likeness (QED) is 0.842. The zero-order valence-corrected chi connectivity index (χ0v) is 11.5. The minimum atomic E-state index is -0.914. The fourth-order valence-electron chi connectivity index (χ4n) is 2.27. The van der Waals surface area contributed by atoms with Crippen LogP contribution in [-0.4, -0.2) is 49.2 Å². The molecule has 4 nitrogen and oxygen atoms in total. The second-order valence-electron chi connectivity index (χ2n) is 5.00. The first-order valence-corrected chi connectivity index (χ1v) is 6.51. The van der Waals surface area contributed by atoms with Crippen LogP contribution >= 0.6 is 0 Å². The third-order valence-electron chi connectivity index (χ3n) is 3.53. The van der Waals surface area contributed by atoms with Crippen molar-refractivity contribution in [3.8, 4) is 0 Å². The van der Waals surface area contributed by atoms with E-state index in [9.17, 15) is 4.79 Å². The molecule has 0 aliphatic carbocycles. The van der Waals surface area contributed by atoms with Crippen LogP contribution in [0.2, 0.25) is 0 Å². The average Bonchev–Trinajstić information content (AvgIpc) is 2.38. The maximum atomic E-state index is 10.5. The van der Waals surface area contributed by atoms with Gasteiger partial charge in [-0.3, -0.25) is 0 Å². The molecular formula is C15H20N2O2. The van der Waals surface area contributed by atoms with E-state index in [1.807, 2.05) is 13.0 Å². The van der Waals surface area contributed by atoms with Gasteiger partial charge in [0.05, 0.1) is 0 Å². The molecule has 0 spiro atoms. The Bertz CT molecular complexity index is 489. The fourth-order valence-corrected chi connectivity index (χ4v) is 2.27. The SMILES string of the molecule is Cc1cc(N2CCN(C)CC2)ccc1C=CC(=O)O. The van der Waals surface area contributed by atoms with Gasteiger partial charge in [0.25, 0.3) is 0 Å². The van der Waals surface area contributed by atoms with Gasteiger partial charge in [0.2, 0.25) is 0 Å². The monoisotopic (exact) mass is 260 g/mol. The van der Waals surface area contributed by atoms with Gasteiger partial charge in [-0.1, -0.05) is 6.07 Å². The second kappa shape index (κ2) is 5.89. The number of nitrogens with zero attached hydrogens (tertiary/aromatic N) is 2. The molecule has 102 valence electrons. The number of carbonyl (C=O) groups is 1.